The summed E-state index contributed by atoms with van der Waals surface area (Å²) in [5, 5.41) is 9.67. The molecule has 0 aromatic heterocycles. The Morgan fingerprint density at radius 3 is 2.11 bits per heavy atom. The molecule has 0 aromatic carbocycles. The minimum absolute atomic E-state index is 0.0164. The average Bonchev–Trinajstić information content (AvgIpc) is 2.31. The number of hydrogen-bond donors (Lipinski definition) is 2. The summed E-state index contributed by atoms with van der Waals surface area (Å²) in [6.45, 7) is 10.3. The number of rotatable bonds is 10. The number of hydrogen-bond acceptors (Lipinski definition) is 4. The Bertz CT molecular complexity index is 196. The van der Waals surface area contributed by atoms with Gasteiger partial charge in [0, 0.05) is 25.7 Å². The lowest BCUT2D eigenvalue weighted by Gasteiger charge is -2.40. The molecule has 18 heavy (non-hydrogen) atoms. The topological polar surface area (TPSA) is 58.7 Å². The number of aliphatic hydroxyl groups excluding tert-OH is 1. The first-order valence-corrected chi connectivity index (χ1v) is 7.12. The fourth-order valence-corrected chi connectivity index (χ4v) is 2.52. The van der Waals surface area contributed by atoms with Gasteiger partial charge in [-0.3, -0.25) is 4.90 Å². The molecule has 0 rings (SSSR count). The minimum atomic E-state index is -0.139. The molecule has 0 saturated heterocycles. The van der Waals surface area contributed by atoms with E-state index in [1.807, 2.05) is 0 Å². The number of aliphatic hydroxyl groups is 1. The van der Waals surface area contributed by atoms with Gasteiger partial charge in [0.1, 0.15) is 0 Å². The Morgan fingerprint density at radius 1 is 1.22 bits per heavy atom. The summed E-state index contributed by atoms with van der Waals surface area (Å²) in [6.07, 6.45) is 2.17. The molecule has 4 heteroatoms. The van der Waals surface area contributed by atoms with Crippen LogP contribution in [0.15, 0.2) is 0 Å². The minimum Gasteiger partial charge on any atom is -0.395 e. The van der Waals surface area contributed by atoms with Gasteiger partial charge in [-0.05, 0) is 18.8 Å². The van der Waals surface area contributed by atoms with Crippen LogP contribution in [0.1, 0.15) is 40.5 Å². The summed E-state index contributed by atoms with van der Waals surface area (Å²) in [5.41, 5.74) is 6.14. The summed E-state index contributed by atoms with van der Waals surface area (Å²) in [7, 11) is 1.65. The predicted molar refractivity (Wildman–Crippen MR) is 76.6 cm³/mol. The van der Waals surface area contributed by atoms with E-state index >= 15 is 0 Å². The highest BCUT2D eigenvalue weighted by Gasteiger charge is 2.29. The molecule has 0 aliphatic rings. The van der Waals surface area contributed by atoms with Crippen molar-refractivity contribution >= 4 is 0 Å². The normalized spacial score (nSPS) is 15.7. The number of ether oxygens (including phenoxy) is 1. The van der Waals surface area contributed by atoms with Crippen LogP contribution >= 0.6 is 0 Å². The zero-order valence-electron chi connectivity index (χ0n) is 12.7. The molecular formula is C14H32N2O2. The second-order valence-electron chi connectivity index (χ2n) is 5.43. The maximum absolute atomic E-state index is 9.67. The fourth-order valence-electron chi connectivity index (χ4n) is 2.52. The molecule has 0 aliphatic heterocycles. The van der Waals surface area contributed by atoms with Gasteiger partial charge < -0.3 is 15.6 Å². The molecule has 4 nitrogen and oxygen atoms in total. The van der Waals surface area contributed by atoms with E-state index in [2.05, 4.69) is 32.6 Å². The van der Waals surface area contributed by atoms with Crippen LogP contribution in [0.5, 0.6) is 0 Å². The third-order valence-electron chi connectivity index (χ3n) is 3.45. The van der Waals surface area contributed by atoms with Gasteiger partial charge >= 0.3 is 0 Å². The highest BCUT2D eigenvalue weighted by Crippen LogP contribution is 2.17. The van der Waals surface area contributed by atoms with Crippen molar-refractivity contribution in [3.8, 4) is 0 Å². The van der Waals surface area contributed by atoms with Crippen molar-refractivity contribution in [1.29, 1.82) is 0 Å². The Balaban J connectivity index is 4.86. The van der Waals surface area contributed by atoms with Crippen LogP contribution in [-0.4, -0.2) is 55.0 Å². The first-order chi connectivity index (χ1) is 8.51. The third kappa shape index (κ3) is 5.65. The number of nitrogens with two attached hydrogens (primary N) is 1. The lowest BCUT2D eigenvalue weighted by molar-refractivity contribution is 0.0327. The van der Waals surface area contributed by atoms with Crippen molar-refractivity contribution in [2.45, 2.75) is 58.7 Å². The first kappa shape index (κ1) is 17.8. The maximum atomic E-state index is 9.67. The molecule has 0 aromatic rings. The van der Waals surface area contributed by atoms with E-state index in [0.717, 1.165) is 19.4 Å². The molecule has 0 spiro atoms. The van der Waals surface area contributed by atoms with Crippen LogP contribution in [-0.2, 0) is 4.74 Å². The lowest BCUT2D eigenvalue weighted by Crippen LogP contribution is -2.56. The van der Waals surface area contributed by atoms with Crippen LogP contribution < -0.4 is 5.73 Å². The van der Waals surface area contributed by atoms with Crippen molar-refractivity contribution in [1.82, 2.24) is 4.90 Å². The zero-order chi connectivity index (χ0) is 14.1. The molecule has 3 N–H and O–H groups in total. The van der Waals surface area contributed by atoms with Gasteiger partial charge in [0.05, 0.1) is 19.3 Å². The van der Waals surface area contributed by atoms with Crippen LogP contribution in [0.3, 0.4) is 0 Å². The van der Waals surface area contributed by atoms with Gasteiger partial charge in [0.2, 0.25) is 0 Å². The number of methoxy groups -OCH3 is 1. The Morgan fingerprint density at radius 2 is 1.78 bits per heavy atom. The van der Waals surface area contributed by atoms with Gasteiger partial charge in [0.25, 0.3) is 0 Å². The van der Waals surface area contributed by atoms with E-state index in [1.54, 1.807) is 7.11 Å². The van der Waals surface area contributed by atoms with E-state index in [1.165, 1.54) is 0 Å². The molecule has 0 aliphatic carbocycles. The van der Waals surface area contributed by atoms with Crippen LogP contribution in [0.25, 0.3) is 0 Å². The summed E-state index contributed by atoms with van der Waals surface area (Å²) < 4.78 is 5.13. The van der Waals surface area contributed by atoms with Gasteiger partial charge in [-0.15, -0.1) is 0 Å². The molecule has 110 valence electrons. The van der Waals surface area contributed by atoms with Crippen LogP contribution in [0.2, 0.25) is 0 Å². The lowest BCUT2D eigenvalue weighted by atomic mass is 10.0. The average molecular weight is 260 g/mol. The maximum Gasteiger partial charge on any atom is 0.0629 e. The third-order valence-corrected chi connectivity index (χ3v) is 3.45. The Kier molecular flexibility index (Phi) is 9.64. The van der Waals surface area contributed by atoms with Crippen molar-refractivity contribution in [2.75, 3.05) is 26.9 Å². The molecule has 0 heterocycles. The second kappa shape index (κ2) is 9.73. The summed E-state index contributed by atoms with van der Waals surface area (Å²) in [5.74, 6) is 0.564. The van der Waals surface area contributed by atoms with E-state index < -0.39 is 0 Å². The summed E-state index contributed by atoms with van der Waals surface area (Å²) >= 11 is 0. The molecule has 2 atom stereocenters. The predicted octanol–water partition coefficient (Wildman–Crippen LogP) is 1.47. The van der Waals surface area contributed by atoms with Crippen molar-refractivity contribution in [2.24, 2.45) is 11.7 Å². The van der Waals surface area contributed by atoms with E-state index in [0.29, 0.717) is 18.6 Å². The van der Waals surface area contributed by atoms with Gasteiger partial charge in [-0.25, -0.2) is 0 Å². The van der Waals surface area contributed by atoms with Crippen LogP contribution in [0.4, 0.5) is 0 Å². The van der Waals surface area contributed by atoms with E-state index in [9.17, 15) is 5.11 Å². The molecule has 0 radical (unpaired) electrons. The smallest absolute Gasteiger partial charge is 0.0629 e. The van der Waals surface area contributed by atoms with E-state index in [-0.39, 0.29) is 18.7 Å². The van der Waals surface area contributed by atoms with Crippen molar-refractivity contribution in [3.05, 3.63) is 0 Å². The zero-order valence-corrected chi connectivity index (χ0v) is 12.7. The van der Waals surface area contributed by atoms with Crippen molar-refractivity contribution in [3.63, 3.8) is 0 Å². The Labute approximate surface area is 112 Å². The van der Waals surface area contributed by atoms with Crippen LogP contribution in [0, 0.1) is 5.92 Å². The second-order valence-corrected chi connectivity index (χ2v) is 5.43. The first-order valence-electron chi connectivity index (χ1n) is 7.12. The number of nitrogens with zero attached hydrogens (tertiary/aromatic N) is 1. The molecular weight excluding hydrogens is 228 g/mol. The molecule has 0 saturated carbocycles. The largest absolute Gasteiger partial charge is 0.395 e. The van der Waals surface area contributed by atoms with Gasteiger partial charge in [0.15, 0.2) is 0 Å². The molecule has 0 bridgehead atoms. The van der Waals surface area contributed by atoms with E-state index in [4.69, 9.17) is 10.5 Å². The Hall–Kier alpha value is -0.160. The molecule has 0 amide bonds. The molecule has 0 fully saturated rings. The highest BCUT2D eigenvalue weighted by molar-refractivity contribution is 4.86. The SMILES string of the molecule is CCC(CC)N(CC(C)C)C(CO)C(N)COC. The fraction of sp³-hybridized carbons (Fsp3) is 1.00. The van der Waals surface area contributed by atoms with Crippen molar-refractivity contribution < 1.29 is 9.84 Å². The quantitative estimate of drug-likeness (QED) is 0.624. The summed E-state index contributed by atoms with van der Waals surface area (Å²) in [6, 6.07) is 0.323. The monoisotopic (exact) mass is 260 g/mol. The molecule has 2 unspecified atom stereocenters. The van der Waals surface area contributed by atoms with Gasteiger partial charge in [-0.1, -0.05) is 27.7 Å². The summed E-state index contributed by atoms with van der Waals surface area (Å²) in [4.78, 5) is 2.37. The van der Waals surface area contributed by atoms with Gasteiger partial charge in [-0.2, -0.15) is 0 Å². The highest BCUT2D eigenvalue weighted by atomic mass is 16.5. The standard InChI is InChI=1S/C14H32N2O2/c1-6-12(7-2)16(8-11(3)4)14(9-17)13(15)10-18-5/h11-14,17H,6-10,15H2,1-5H3.